The van der Waals surface area contributed by atoms with Crippen molar-refractivity contribution in [2.75, 3.05) is 76.4 Å². The molecule has 0 aromatic rings. The Morgan fingerprint density at radius 1 is 0.865 bits per heavy atom. The molecule has 0 aromatic carbocycles. The highest BCUT2D eigenvalue weighted by molar-refractivity contribution is 8.30. The van der Waals surface area contributed by atoms with Crippen LogP contribution in [0.1, 0.15) is 0 Å². The molecule has 0 spiro atoms. The number of nitrogens with one attached hydrogen (secondary N) is 1. The van der Waals surface area contributed by atoms with Crippen molar-refractivity contribution in [3.63, 3.8) is 0 Å². The Morgan fingerprint density at radius 2 is 1.51 bits per heavy atom. The molecule has 0 aliphatic carbocycles. The van der Waals surface area contributed by atoms with Gasteiger partial charge in [0.15, 0.2) is 0 Å². The lowest BCUT2D eigenvalue weighted by Gasteiger charge is -2.05. The predicted octanol–water partition coefficient (Wildman–Crippen LogP) is 6.58. The van der Waals surface area contributed by atoms with Crippen molar-refractivity contribution in [2.24, 2.45) is 9.98 Å². The highest BCUT2D eigenvalue weighted by atomic mass is 32.3. The van der Waals surface area contributed by atoms with Crippen molar-refractivity contribution in [3.05, 3.63) is 0 Å². The third-order valence-corrected chi connectivity index (χ3v) is 15.8. The van der Waals surface area contributed by atoms with Gasteiger partial charge in [0, 0.05) is 35.6 Å². The monoisotopic (exact) mass is 743 g/mol. The van der Waals surface area contributed by atoms with Gasteiger partial charge in [-0.1, -0.05) is 11.8 Å². The number of carbonyl (C=O) groups is 1. The first-order valence-electron chi connectivity index (χ1n) is 10.0. The smallest absolute Gasteiger partial charge is 0.280 e. The van der Waals surface area contributed by atoms with E-state index in [4.69, 9.17) is 14.9 Å². The maximum atomic E-state index is 11.9. The molecule has 1 amide bonds. The molecule has 0 bridgehead atoms. The summed E-state index contributed by atoms with van der Waals surface area (Å²) in [6.45, 7) is 0. The third-order valence-electron chi connectivity index (χ3n) is 2.76. The van der Waals surface area contributed by atoms with E-state index in [1.807, 2.05) is 53.3 Å². The van der Waals surface area contributed by atoms with Crippen molar-refractivity contribution in [2.45, 2.75) is 0 Å². The molecule has 0 aliphatic rings. The summed E-state index contributed by atoms with van der Waals surface area (Å²) >= 11 is 18.3. The minimum absolute atomic E-state index is 0.000696. The van der Waals surface area contributed by atoms with Gasteiger partial charge in [0.25, 0.3) is 5.24 Å². The fourth-order valence-corrected chi connectivity index (χ4v) is 13.3. The van der Waals surface area contributed by atoms with Gasteiger partial charge in [0.2, 0.25) is 6.40 Å². The Morgan fingerprint density at radius 3 is 2.22 bits per heavy atom. The number of nitrogens with zero attached hydrogens (tertiary/aromatic N) is 2. The first kappa shape index (κ1) is 39.5. The molecular formula is C17H33N3O5S12. The van der Waals surface area contributed by atoms with Gasteiger partial charge in [-0.25, -0.2) is 4.99 Å². The lowest BCUT2D eigenvalue weighted by atomic mass is 11.2. The van der Waals surface area contributed by atoms with E-state index in [0.29, 0.717) is 22.7 Å². The first-order valence-corrected chi connectivity index (χ1v) is 24.2. The zero-order valence-electron chi connectivity index (χ0n) is 20.2. The van der Waals surface area contributed by atoms with E-state index in [0.717, 1.165) is 35.6 Å². The van der Waals surface area contributed by atoms with Gasteiger partial charge >= 0.3 is 0 Å². The number of rotatable bonds is 28. The molecule has 1 unspecified atom stereocenters. The number of aliphatic hydroxyl groups is 1. The topological polar surface area (TPSA) is 110 Å². The number of hydrogen-bond acceptors (Lipinski definition) is 18. The van der Waals surface area contributed by atoms with E-state index in [2.05, 4.69) is 15.3 Å². The molecule has 0 aliphatic heterocycles. The largest absolute Gasteiger partial charge is 0.386 e. The van der Waals surface area contributed by atoms with Gasteiger partial charge in [0.1, 0.15) is 5.94 Å². The van der Waals surface area contributed by atoms with Crippen LogP contribution in [0.3, 0.4) is 0 Å². The van der Waals surface area contributed by atoms with Gasteiger partial charge in [-0.15, -0.1) is 118 Å². The second-order valence-corrected chi connectivity index (χ2v) is 20.2. The van der Waals surface area contributed by atoms with Crippen molar-refractivity contribution < 1.29 is 23.9 Å². The van der Waals surface area contributed by atoms with Crippen LogP contribution in [0.25, 0.3) is 0 Å². The van der Waals surface area contributed by atoms with Gasteiger partial charge in [-0.3, -0.25) is 14.0 Å². The number of aliphatic hydroxyl groups excluding tert-OH is 1. The zero-order chi connectivity index (χ0) is 27.1. The summed E-state index contributed by atoms with van der Waals surface area (Å²) in [7, 11) is -0.973. The molecular weight excluding hydrogens is 711 g/mol. The summed E-state index contributed by atoms with van der Waals surface area (Å²) in [6, 6.07) is 0. The maximum absolute atomic E-state index is 11.9. The van der Waals surface area contributed by atoms with Crippen molar-refractivity contribution in [1.82, 2.24) is 5.32 Å². The van der Waals surface area contributed by atoms with Crippen molar-refractivity contribution >= 4 is 157 Å². The Labute approximate surface area is 270 Å². The number of carbonyl (C=O) groups excluding carboxylic acids is 1. The Kier molecular flexibility index (Phi) is 37.1. The quantitative estimate of drug-likeness (QED) is 0.0225. The molecule has 2 N–H and O–H groups in total. The minimum atomic E-state index is -0.973. The van der Waals surface area contributed by atoms with Crippen molar-refractivity contribution in [1.29, 1.82) is 0 Å². The summed E-state index contributed by atoms with van der Waals surface area (Å²) in [5, 5.41) is 18.7. The predicted molar refractivity (Wildman–Crippen MR) is 191 cm³/mol. The number of hydrogen-bond donors (Lipinski definition) is 2. The van der Waals surface area contributed by atoms with Gasteiger partial charge in [-0.2, -0.15) is 4.89 Å². The number of thioether (sulfide) groups is 11. The number of amides is 1. The summed E-state index contributed by atoms with van der Waals surface area (Å²) in [6.07, 6.45) is 3.24. The summed E-state index contributed by atoms with van der Waals surface area (Å²) < 4.78 is 11.6. The summed E-state index contributed by atoms with van der Waals surface area (Å²) in [4.78, 5) is 29.4. The third kappa shape index (κ3) is 34.6. The molecule has 0 radical (unpaired) electrons. The van der Waals surface area contributed by atoms with E-state index in [9.17, 15) is 9.00 Å². The highest BCUT2D eigenvalue weighted by Crippen LogP contribution is 2.24. The van der Waals surface area contributed by atoms with Crippen molar-refractivity contribution in [3.8, 4) is 0 Å². The van der Waals surface area contributed by atoms with Gasteiger partial charge < -0.3 is 15.3 Å². The normalized spacial score (nSPS) is 12.5. The molecule has 0 aromatic heterocycles. The fourth-order valence-electron chi connectivity index (χ4n) is 1.44. The molecule has 0 saturated heterocycles. The van der Waals surface area contributed by atoms with Crippen LogP contribution >= 0.6 is 129 Å². The van der Waals surface area contributed by atoms with Crippen LogP contribution in [0, 0.1) is 0 Å². The lowest BCUT2D eigenvalue weighted by molar-refractivity contribution is -0.196. The molecule has 218 valence electrons. The molecule has 8 nitrogen and oxygen atoms in total. The lowest BCUT2D eigenvalue weighted by Crippen LogP contribution is -2.17. The second kappa shape index (κ2) is 34.7. The first-order chi connectivity index (χ1) is 18.2. The molecule has 1 atom stereocenters. The standard InChI is InChI=1S/C17H33N3O5S12/c1-26-3-19-6-37(23)16-35-14-33-12-32-13-34-15-36-17(22)20-5-28-10-31-11-30-9-27-4-18-2-24-25-8-29-7-21/h2,6,21H,3-5,7-16H2,1H3,(H,20,22)/b18-2+,19-6-. The summed E-state index contributed by atoms with van der Waals surface area (Å²) in [5.74, 6) is 2.18. The fraction of sp³-hybridized carbons (Fsp3) is 0.824. The Hall–Kier alpha value is 2.53. The highest BCUT2D eigenvalue weighted by Gasteiger charge is 2.02. The van der Waals surface area contributed by atoms with E-state index in [1.165, 1.54) is 29.9 Å². The molecule has 37 heavy (non-hydrogen) atoms. The van der Waals surface area contributed by atoms with Crippen LogP contribution in [0.4, 0.5) is 4.79 Å². The molecule has 20 heteroatoms. The van der Waals surface area contributed by atoms with E-state index in [1.54, 1.807) is 64.4 Å². The van der Waals surface area contributed by atoms with E-state index >= 15 is 0 Å². The maximum Gasteiger partial charge on any atom is 0.280 e. The van der Waals surface area contributed by atoms with Crippen LogP contribution in [0.2, 0.25) is 0 Å². The van der Waals surface area contributed by atoms with Gasteiger partial charge in [-0.05, 0) is 6.26 Å². The summed E-state index contributed by atoms with van der Waals surface area (Å²) in [5.41, 5.74) is 1.55. The molecule has 0 heterocycles. The van der Waals surface area contributed by atoms with Crippen LogP contribution in [-0.2, 0) is 20.6 Å². The van der Waals surface area contributed by atoms with E-state index < -0.39 is 10.8 Å². The molecule has 0 saturated carbocycles. The molecule has 0 rings (SSSR count). The van der Waals surface area contributed by atoms with Crippen LogP contribution in [0.5, 0.6) is 0 Å². The van der Waals surface area contributed by atoms with Gasteiger partial charge in [0.05, 0.1) is 45.0 Å². The molecule has 0 fully saturated rings. The SMILES string of the molecule is CSC/N=C\S(=O)CSCSCSCSCSC(=O)NCSCSCSCSC/N=C/OOCSCO. The number of aliphatic imine (C=N–C) groups is 2. The average Bonchev–Trinajstić information content (AvgIpc) is 2.89. The Bertz CT molecular complexity index is 598. The van der Waals surface area contributed by atoms with Crippen LogP contribution in [0.15, 0.2) is 9.98 Å². The van der Waals surface area contributed by atoms with Crippen LogP contribution < -0.4 is 5.32 Å². The van der Waals surface area contributed by atoms with Crippen LogP contribution in [-0.4, -0.2) is 103 Å². The van der Waals surface area contributed by atoms with E-state index in [-0.39, 0.29) is 17.1 Å². The average molecular weight is 744 g/mol. The second-order valence-electron chi connectivity index (χ2n) is 5.50. The Balaban J connectivity index is 3.26. The zero-order valence-corrected chi connectivity index (χ0v) is 30.0. The minimum Gasteiger partial charge on any atom is -0.386 e.